The van der Waals surface area contributed by atoms with Crippen LogP contribution in [-0.2, 0) is 16.6 Å². The Morgan fingerprint density at radius 2 is 1.90 bits per heavy atom. The molecule has 20 heavy (non-hydrogen) atoms. The molecule has 0 unspecified atom stereocenters. The third-order valence-electron chi connectivity index (χ3n) is 3.15. The lowest BCUT2D eigenvalue weighted by Gasteiger charge is -2.07. The van der Waals surface area contributed by atoms with E-state index in [0.717, 1.165) is 23.0 Å². The minimum atomic E-state index is -3.64. The molecule has 2 N–H and O–H groups in total. The number of sulfonamides is 1. The van der Waals surface area contributed by atoms with Crippen molar-refractivity contribution in [3.8, 4) is 0 Å². The van der Waals surface area contributed by atoms with E-state index in [0.29, 0.717) is 5.56 Å². The highest BCUT2D eigenvalue weighted by molar-refractivity contribution is 7.89. The maximum Gasteiger partial charge on any atom is 0.240 e. The summed E-state index contributed by atoms with van der Waals surface area (Å²) in [6.07, 6.45) is 0. The molecule has 0 aliphatic rings. The Morgan fingerprint density at radius 3 is 2.45 bits per heavy atom. The zero-order valence-electron chi connectivity index (χ0n) is 11.6. The fourth-order valence-electron chi connectivity index (χ4n) is 2.01. The van der Waals surface area contributed by atoms with Crippen molar-refractivity contribution in [1.29, 1.82) is 0 Å². The van der Waals surface area contributed by atoms with Gasteiger partial charge in [-0.1, -0.05) is 0 Å². The summed E-state index contributed by atoms with van der Waals surface area (Å²) in [6, 6.07) is 5.65. The topological polar surface area (TPSA) is 62.0 Å². The fourth-order valence-corrected chi connectivity index (χ4v) is 3.10. The third kappa shape index (κ3) is 3.08. The summed E-state index contributed by atoms with van der Waals surface area (Å²) in [5.74, 6) is -0.416. The minimum absolute atomic E-state index is 0.0707. The van der Waals surface area contributed by atoms with Gasteiger partial charge in [0.2, 0.25) is 10.0 Å². The molecule has 6 heteroatoms. The predicted molar refractivity (Wildman–Crippen MR) is 75.4 cm³/mol. The second-order valence-electron chi connectivity index (χ2n) is 4.84. The average Bonchev–Trinajstić information content (AvgIpc) is 2.69. The first kappa shape index (κ1) is 14.7. The molecule has 0 bridgehead atoms. The smallest absolute Gasteiger partial charge is 0.240 e. The summed E-state index contributed by atoms with van der Waals surface area (Å²) in [5.41, 5.74) is 3.11. The van der Waals surface area contributed by atoms with Gasteiger partial charge in [0, 0.05) is 17.9 Å². The van der Waals surface area contributed by atoms with Gasteiger partial charge >= 0.3 is 0 Å². The number of rotatable bonds is 4. The van der Waals surface area contributed by atoms with Crippen LogP contribution in [0.2, 0.25) is 0 Å². The summed E-state index contributed by atoms with van der Waals surface area (Å²) in [4.78, 5) is 3.19. The van der Waals surface area contributed by atoms with Gasteiger partial charge in [0.1, 0.15) is 5.82 Å². The van der Waals surface area contributed by atoms with Gasteiger partial charge in [-0.25, -0.2) is 17.5 Å². The lowest BCUT2D eigenvalue weighted by molar-refractivity contribution is 0.579. The molecule has 0 aliphatic carbocycles. The van der Waals surface area contributed by atoms with Gasteiger partial charge < -0.3 is 4.98 Å². The Balaban J connectivity index is 2.19. The summed E-state index contributed by atoms with van der Waals surface area (Å²) in [5, 5.41) is 0. The van der Waals surface area contributed by atoms with E-state index in [2.05, 4.69) is 9.71 Å². The van der Waals surface area contributed by atoms with Gasteiger partial charge in [0.25, 0.3) is 0 Å². The van der Waals surface area contributed by atoms with E-state index in [4.69, 9.17) is 0 Å². The first-order valence-corrected chi connectivity index (χ1v) is 7.69. The second kappa shape index (κ2) is 5.38. The molecule has 2 aromatic rings. The minimum Gasteiger partial charge on any atom is -0.362 e. The van der Waals surface area contributed by atoms with Crippen molar-refractivity contribution in [2.75, 3.05) is 0 Å². The molecule has 1 aromatic carbocycles. The summed E-state index contributed by atoms with van der Waals surface area (Å²) >= 11 is 0. The van der Waals surface area contributed by atoms with Gasteiger partial charge in [0.05, 0.1) is 4.90 Å². The summed E-state index contributed by atoms with van der Waals surface area (Å²) in [6.45, 7) is 5.54. The molecule has 0 amide bonds. The molecule has 0 saturated heterocycles. The maximum absolute atomic E-state index is 13.2. The van der Waals surface area contributed by atoms with Crippen molar-refractivity contribution in [1.82, 2.24) is 9.71 Å². The monoisotopic (exact) mass is 296 g/mol. The van der Waals surface area contributed by atoms with Crippen LogP contribution in [0.4, 0.5) is 4.39 Å². The van der Waals surface area contributed by atoms with E-state index in [1.807, 2.05) is 19.9 Å². The normalized spacial score (nSPS) is 11.8. The highest BCUT2D eigenvalue weighted by Crippen LogP contribution is 2.15. The molecule has 0 saturated carbocycles. The van der Waals surface area contributed by atoms with E-state index >= 15 is 0 Å². The number of H-pyrrole nitrogens is 1. The van der Waals surface area contributed by atoms with E-state index < -0.39 is 15.8 Å². The van der Waals surface area contributed by atoms with Crippen LogP contribution in [0, 0.1) is 26.6 Å². The van der Waals surface area contributed by atoms with Crippen molar-refractivity contribution < 1.29 is 12.8 Å². The largest absolute Gasteiger partial charge is 0.362 e. The standard InChI is InChI=1S/C14H17FN2O2S/c1-9-6-13(4-5-14(9)15)20(18,19)16-8-12-7-10(2)17-11(12)3/h4-7,16-17H,8H2,1-3H3. The Kier molecular flexibility index (Phi) is 3.96. The molecule has 1 aromatic heterocycles. The van der Waals surface area contributed by atoms with E-state index in [1.54, 1.807) is 0 Å². The number of hydrogen-bond acceptors (Lipinski definition) is 2. The molecule has 0 atom stereocenters. The summed E-state index contributed by atoms with van der Waals surface area (Å²) < 4.78 is 40.0. The van der Waals surface area contributed by atoms with E-state index in [-0.39, 0.29) is 11.4 Å². The van der Waals surface area contributed by atoms with Crippen LogP contribution in [0.5, 0.6) is 0 Å². The van der Waals surface area contributed by atoms with Gasteiger partial charge in [0.15, 0.2) is 0 Å². The molecular formula is C14H17FN2O2S. The Hall–Kier alpha value is -1.66. The lowest BCUT2D eigenvalue weighted by atomic mass is 10.2. The van der Waals surface area contributed by atoms with Crippen molar-refractivity contribution >= 4 is 10.0 Å². The van der Waals surface area contributed by atoms with Crippen molar-refractivity contribution in [3.63, 3.8) is 0 Å². The van der Waals surface area contributed by atoms with Crippen LogP contribution >= 0.6 is 0 Å². The van der Waals surface area contributed by atoms with Crippen LogP contribution in [0.3, 0.4) is 0 Å². The Bertz CT molecular complexity index is 736. The second-order valence-corrected chi connectivity index (χ2v) is 6.61. The Morgan fingerprint density at radius 1 is 1.20 bits per heavy atom. The zero-order chi connectivity index (χ0) is 14.9. The molecule has 0 radical (unpaired) electrons. The van der Waals surface area contributed by atoms with Crippen LogP contribution in [0.25, 0.3) is 0 Å². The van der Waals surface area contributed by atoms with Crippen LogP contribution in [0.1, 0.15) is 22.5 Å². The number of benzene rings is 1. The van der Waals surface area contributed by atoms with Gasteiger partial charge in [-0.3, -0.25) is 0 Å². The van der Waals surface area contributed by atoms with Crippen LogP contribution in [-0.4, -0.2) is 13.4 Å². The van der Waals surface area contributed by atoms with E-state index in [1.165, 1.54) is 19.1 Å². The lowest BCUT2D eigenvalue weighted by Crippen LogP contribution is -2.23. The zero-order valence-corrected chi connectivity index (χ0v) is 12.4. The number of hydrogen-bond donors (Lipinski definition) is 2. The van der Waals surface area contributed by atoms with Crippen molar-refractivity contribution in [3.05, 3.63) is 52.6 Å². The van der Waals surface area contributed by atoms with Gasteiger partial charge in [-0.15, -0.1) is 0 Å². The molecule has 1 heterocycles. The van der Waals surface area contributed by atoms with E-state index in [9.17, 15) is 12.8 Å². The third-order valence-corrected chi connectivity index (χ3v) is 4.55. The molecule has 2 rings (SSSR count). The van der Waals surface area contributed by atoms with Gasteiger partial charge in [-0.05, 0) is 56.2 Å². The van der Waals surface area contributed by atoms with Crippen LogP contribution in [0.15, 0.2) is 29.2 Å². The highest BCUT2D eigenvalue weighted by Gasteiger charge is 2.15. The van der Waals surface area contributed by atoms with Crippen molar-refractivity contribution in [2.24, 2.45) is 0 Å². The molecule has 0 aliphatic heterocycles. The molecular weight excluding hydrogens is 279 g/mol. The number of halogens is 1. The molecule has 4 nitrogen and oxygen atoms in total. The van der Waals surface area contributed by atoms with Crippen LogP contribution < -0.4 is 4.72 Å². The highest BCUT2D eigenvalue weighted by atomic mass is 32.2. The predicted octanol–water partition coefficient (Wildman–Crippen LogP) is 2.56. The number of aromatic nitrogens is 1. The Labute approximate surface area is 118 Å². The maximum atomic E-state index is 13.2. The summed E-state index contributed by atoms with van der Waals surface area (Å²) in [7, 11) is -3.64. The SMILES string of the molecule is Cc1cc(CNS(=O)(=O)c2ccc(F)c(C)c2)c(C)[nH]1. The molecule has 108 valence electrons. The quantitative estimate of drug-likeness (QED) is 0.911. The number of aryl methyl sites for hydroxylation is 3. The number of aromatic amines is 1. The van der Waals surface area contributed by atoms with Gasteiger partial charge in [-0.2, -0.15) is 0 Å². The molecule has 0 spiro atoms. The van der Waals surface area contributed by atoms with Crippen molar-refractivity contribution in [2.45, 2.75) is 32.2 Å². The first-order valence-electron chi connectivity index (χ1n) is 6.20. The number of nitrogens with one attached hydrogen (secondary N) is 2. The molecule has 0 fully saturated rings. The fraction of sp³-hybridized carbons (Fsp3) is 0.286. The first-order chi connectivity index (χ1) is 9.29. The average molecular weight is 296 g/mol.